The van der Waals surface area contributed by atoms with Crippen LogP contribution in [0.2, 0.25) is 0 Å². The second-order valence-electron chi connectivity index (χ2n) is 4.48. The number of aryl methyl sites for hydroxylation is 1. The Morgan fingerprint density at radius 1 is 1.13 bits per heavy atom. The zero-order valence-corrected chi connectivity index (χ0v) is 9.86. The Morgan fingerprint density at radius 3 is 2.20 bits per heavy atom. The van der Waals surface area contributed by atoms with Crippen molar-refractivity contribution in [3.05, 3.63) is 35.4 Å². The molecule has 1 atom stereocenters. The number of carbonyl (C=O) groups excluding carboxylic acids is 1. The third-order valence-electron chi connectivity index (χ3n) is 3.06. The first-order valence-electron chi connectivity index (χ1n) is 5.67. The molecule has 1 aromatic carbocycles. The maximum Gasteiger partial charge on any atom is 0.120 e. The summed E-state index contributed by atoms with van der Waals surface area (Å²) in [7, 11) is 0. The Balaban J connectivity index is 2.67. The Labute approximate surface area is 92.5 Å². The molecule has 1 aromatic rings. The van der Waals surface area contributed by atoms with E-state index in [0.717, 1.165) is 12.7 Å². The van der Waals surface area contributed by atoms with E-state index in [9.17, 15) is 4.79 Å². The van der Waals surface area contributed by atoms with Crippen LogP contribution >= 0.6 is 0 Å². The normalized spacial score (nSPS) is 12.8. The van der Waals surface area contributed by atoms with Gasteiger partial charge in [-0.15, -0.1) is 0 Å². The average molecular weight is 204 g/mol. The predicted molar refractivity (Wildman–Crippen MR) is 64.1 cm³/mol. The first-order valence-corrected chi connectivity index (χ1v) is 5.67. The van der Waals surface area contributed by atoms with Crippen LogP contribution in [0.15, 0.2) is 24.3 Å². The predicted octanol–water partition coefficient (Wildman–Crippen LogP) is 3.58. The summed E-state index contributed by atoms with van der Waals surface area (Å²) in [6, 6.07) is 8.64. The first-order chi connectivity index (χ1) is 7.15. The van der Waals surface area contributed by atoms with Crippen molar-refractivity contribution in [3.63, 3.8) is 0 Å². The number of carbonyl (C=O) groups is 1. The molecule has 0 saturated carbocycles. The van der Waals surface area contributed by atoms with E-state index in [1.807, 2.05) is 0 Å². The molecule has 0 amide bonds. The van der Waals surface area contributed by atoms with Crippen molar-refractivity contribution in [3.8, 4) is 0 Å². The summed E-state index contributed by atoms with van der Waals surface area (Å²) in [6.07, 6.45) is 2.46. The lowest BCUT2D eigenvalue weighted by Crippen LogP contribution is -2.01. The van der Waals surface area contributed by atoms with Gasteiger partial charge in [-0.05, 0) is 29.4 Å². The summed E-state index contributed by atoms with van der Waals surface area (Å²) in [5, 5.41) is 0. The molecular formula is C14H20O. The van der Waals surface area contributed by atoms with Gasteiger partial charge in [0.15, 0.2) is 0 Å². The minimum Gasteiger partial charge on any atom is -0.303 e. The van der Waals surface area contributed by atoms with E-state index in [1.54, 1.807) is 0 Å². The van der Waals surface area contributed by atoms with Gasteiger partial charge in [-0.25, -0.2) is 0 Å². The van der Waals surface area contributed by atoms with E-state index < -0.39 is 0 Å². The summed E-state index contributed by atoms with van der Waals surface area (Å²) in [5.41, 5.74) is 2.64. The molecule has 0 N–H and O–H groups in total. The van der Waals surface area contributed by atoms with Gasteiger partial charge in [-0.3, -0.25) is 0 Å². The largest absolute Gasteiger partial charge is 0.303 e. The summed E-state index contributed by atoms with van der Waals surface area (Å²) >= 11 is 0. The molecule has 0 aliphatic heterocycles. The van der Waals surface area contributed by atoms with Crippen LogP contribution in [0.5, 0.6) is 0 Å². The van der Waals surface area contributed by atoms with E-state index in [2.05, 4.69) is 45.0 Å². The van der Waals surface area contributed by atoms with E-state index in [-0.39, 0.29) is 0 Å². The van der Waals surface area contributed by atoms with Gasteiger partial charge in [0, 0.05) is 6.42 Å². The lowest BCUT2D eigenvalue weighted by molar-refractivity contribution is -0.107. The highest BCUT2D eigenvalue weighted by Gasteiger charge is 2.09. The van der Waals surface area contributed by atoms with Gasteiger partial charge in [-0.2, -0.15) is 0 Å². The maximum absolute atomic E-state index is 10.2. The highest BCUT2D eigenvalue weighted by Crippen LogP contribution is 2.23. The molecule has 0 spiro atoms. The second kappa shape index (κ2) is 5.69. The van der Waals surface area contributed by atoms with Crippen LogP contribution in [0.25, 0.3) is 0 Å². The van der Waals surface area contributed by atoms with Crippen molar-refractivity contribution >= 4 is 6.29 Å². The highest BCUT2D eigenvalue weighted by atomic mass is 16.1. The van der Waals surface area contributed by atoms with Crippen LogP contribution in [0.1, 0.15) is 44.2 Å². The highest BCUT2D eigenvalue weighted by molar-refractivity contribution is 5.50. The fourth-order valence-electron chi connectivity index (χ4n) is 1.60. The zero-order chi connectivity index (χ0) is 11.3. The van der Waals surface area contributed by atoms with Gasteiger partial charge in [0.2, 0.25) is 0 Å². The van der Waals surface area contributed by atoms with Crippen molar-refractivity contribution in [2.24, 2.45) is 5.92 Å². The minimum atomic E-state index is 0.602. The Bertz CT molecular complexity index is 298. The van der Waals surface area contributed by atoms with Gasteiger partial charge in [0.1, 0.15) is 6.29 Å². The molecule has 1 heteroatoms. The second-order valence-corrected chi connectivity index (χ2v) is 4.48. The average Bonchev–Trinajstić information content (AvgIpc) is 2.26. The van der Waals surface area contributed by atoms with Crippen LogP contribution < -0.4 is 0 Å². The molecule has 0 bridgehead atoms. The van der Waals surface area contributed by atoms with Crippen LogP contribution in [0, 0.1) is 5.92 Å². The van der Waals surface area contributed by atoms with E-state index in [1.165, 1.54) is 11.1 Å². The SMILES string of the molecule is CC(C)C(C)c1ccc(CCC=O)cc1. The number of benzene rings is 1. The van der Waals surface area contributed by atoms with Gasteiger partial charge >= 0.3 is 0 Å². The molecule has 15 heavy (non-hydrogen) atoms. The molecule has 0 aliphatic carbocycles. The van der Waals surface area contributed by atoms with Gasteiger partial charge in [0.25, 0.3) is 0 Å². The van der Waals surface area contributed by atoms with E-state index in [4.69, 9.17) is 0 Å². The molecule has 1 rings (SSSR count). The molecule has 0 heterocycles. The summed E-state index contributed by atoms with van der Waals surface area (Å²) in [5.74, 6) is 1.27. The molecule has 0 radical (unpaired) electrons. The smallest absolute Gasteiger partial charge is 0.120 e. The number of aldehydes is 1. The molecule has 0 aromatic heterocycles. The van der Waals surface area contributed by atoms with Crippen molar-refractivity contribution < 1.29 is 4.79 Å². The van der Waals surface area contributed by atoms with Gasteiger partial charge in [0.05, 0.1) is 0 Å². The molecule has 0 saturated heterocycles. The van der Waals surface area contributed by atoms with Crippen molar-refractivity contribution in [2.75, 3.05) is 0 Å². The van der Waals surface area contributed by atoms with Crippen molar-refractivity contribution in [1.82, 2.24) is 0 Å². The van der Waals surface area contributed by atoms with E-state index >= 15 is 0 Å². The maximum atomic E-state index is 10.2. The molecule has 82 valence electrons. The van der Waals surface area contributed by atoms with Crippen molar-refractivity contribution in [2.45, 2.75) is 39.5 Å². The lowest BCUT2D eigenvalue weighted by atomic mass is 9.90. The van der Waals surface area contributed by atoms with Gasteiger partial charge in [-0.1, -0.05) is 45.0 Å². The quantitative estimate of drug-likeness (QED) is 0.670. The van der Waals surface area contributed by atoms with Gasteiger partial charge < -0.3 is 4.79 Å². The Morgan fingerprint density at radius 2 is 1.73 bits per heavy atom. The molecule has 1 unspecified atom stereocenters. The number of hydrogen-bond donors (Lipinski definition) is 0. The molecule has 0 aliphatic rings. The Kier molecular flexibility index (Phi) is 4.54. The first kappa shape index (κ1) is 12.0. The fraction of sp³-hybridized carbons (Fsp3) is 0.500. The third kappa shape index (κ3) is 3.50. The summed E-state index contributed by atoms with van der Waals surface area (Å²) < 4.78 is 0. The monoisotopic (exact) mass is 204 g/mol. The number of hydrogen-bond acceptors (Lipinski definition) is 1. The van der Waals surface area contributed by atoms with Crippen LogP contribution in [0.3, 0.4) is 0 Å². The Hall–Kier alpha value is -1.11. The van der Waals surface area contributed by atoms with E-state index in [0.29, 0.717) is 18.3 Å². The van der Waals surface area contributed by atoms with Crippen LogP contribution in [-0.4, -0.2) is 6.29 Å². The molecular weight excluding hydrogens is 184 g/mol. The number of rotatable bonds is 5. The molecule has 1 nitrogen and oxygen atoms in total. The van der Waals surface area contributed by atoms with Crippen LogP contribution in [-0.2, 0) is 11.2 Å². The van der Waals surface area contributed by atoms with Crippen molar-refractivity contribution in [1.29, 1.82) is 0 Å². The summed E-state index contributed by atoms with van der Waals surface area (Å²) in [4.78, 5) is 10.2. The molecule has 0 fully saturated rings. The standard InChI is InChI=1S/C14H20O/c1-11(2)12(3)14-8-6-13(7-9-14)5-4-10-15/h6-12H,4-5H2,1-3H3. The van der Waals surface area contributed by atoms with Crippen LogP contribution in [0.4, 0.5) is 0 Å². The third-order valence-corrected chi connectivity index (χ3v) is 3.06. The minimum absolute atomic E-state index is 0.602. The summed E-state index contributed by atoms with van der Waals surface area (Å²) in [6.45, 7) is 6.74. The zero-order valence-electron chi connectivity index (χ0n) is 9.86. The topological polar surface area (TPSA) is 17.1 Å². The fourth-order valence-corrected chi connectivity index (χ4v) is 1.60. The lowest BCUT2D eigenvalue weighted by Gasteiger charge is -2.16.